The van der Waals surface area contributed by atoms with Crippen molar-refractivity contribution in [2.24, 2.45) is 0 Å². The second-order valence-corrected chi connectivity index (χ2v) is 7.26. The van der Waals surface area contributed by atoms with Crippen molar-refractivity contribution >= 4 is 22.5 Å². The molecule has 138 valence electrons. The summed E-state index contributed by atoms with van der Waals surface area (Å²) in [7, 11) is 1.83. The van der Waals surface area contributed by atoms with Crippen LogP contribution in [-0.2, 0) is 6.54 Å². The molecule has 2 aromatic carbocycles. The van der Waals surface area contributed by atoms with Crippen molar-refractivity contribution in [3.05, 3.63) is 71.9 Å². The van der Waals surface area contributed by atoms with Gasteiger partial charge < -0.3 is 9.80 Å². The summed E-state index contributed by atoms with van der Waals surface area (Å²) in [6.45, 7) is 2.87. The van der Waals surface area contributed by atoms with Crippen molar-refractivity contribution in [1.29, 1.82) is 0 Å². The van der Waals surface area contributed by atoms with Crippen molar-refractivity contribution in [1.82, 2.24) is 9.88 Å². The summed E-state index contributed by atoms with van der Waals surface area (Å²) in [5, 5.41) is 1.05. The quantitative estimate of drug-likeness (QED) is 0.688. The van der Waals surface area contributed by atoms with Crippen molar-refractivity contribution in [3.63, 3.8) is 0 Å². The van der Waals surface area contributed by atoms with Crippen LogP contribution in [0.15, 0.2) is 60.7 Å². The van der Waals surface area contributed by atoms with Gasteiger partial charge in [0.2, 0.25) is 0 Å². The molecule has 4 heteroatoms. The monoisotopic (exact) mass is 359 g/mol. The maximum absolute atomic E-state index is 12.8. The van der Waals surface area contributed by atoms with Crippen LogP contribution < -0.4 is 4.90 Å². The highest BCUT2D eigenvalue weighted by molar-refractivity contribution is 5.94. The summed E-state index contributed by atoms with van der Waals surface area (Å²) in [6.07, 6.45) is 3.89. The highest BCUT2D eigenvalue weighted by Gasteiger charge is 2.15. The van der Waals surface area contributed by atoms with E-state index in [1.54, 1.807) is 11.0 Å². The second-order valence-electron chi connectivity index (χ2n) is 7.26. The normalized spacial score (nSPS) is 14.3. The van der Waals surface area contributed by atoms with Gasteiger partial charge in [0, 0.05) is 37.8 Å². The molecule has 0 bridgehead atoms. The van der Waals surface area contributed by atoms with Crippen LogP contribution in [0.1, 0.15) is 35.3 Å². The van der Waals surface area contributed by atoms with Crippen molar-refractivity contribution in [2.75, 3.05) is 25.0 Å². The van der Waals surface area contributed by atoms with E-state index in [-0.39, 0.29) is 5.91 Å². The summed E-state index contributed by atoms with van der Waals surface area (Å²) < 4.78 is 0. The molecule has 0 spiro atoms. The van der Waals surface area contributed by atoms with Crippen molar-refractivity contribution in [2.45, 2.75) is 25.8 Å². The standard InChI is InChI=1S/C23H25N3O/c1-25(23(27)22-14-11-19-7-3-4-8-21(19)24-22)17-18-9-12-20(13-10-18)26-15-5-2-6-16-26/h3-4,7-14H,2,5-6,15-17H2,1H3. The largest absolute Gasteiger partial charge is 0.372 e. The number of hydrogen-bond acceptors (Lipinski definition) is 3. The third-order valence-corrected chi connectivity index (χ3v) is 5.24. The van der Waals surface area contributed by atoms with Gasteiger partial charge in [-0.2, -0.15) is 0 Å². The van der Waals surface area contributed by atoms with E-state index in [0.717, 1.165) is 29.6 Å². The molecule has 1 aliphatic rings. The Bertz CT molecular complexity index is 930. The Morgan fingerprint density at radius 1 is 0.963 bits per heavy atom. The summed E-state index contributed by atoms with van der Waals surface area (Å²) in [4.78, 5) is 21.5. The van der Waals surface area contributed by atoms with Gasteiger partial charge in [0.25, 0.3) is 5.91 Å². The molecule has 4 nitrogen and oxygen atoms in total. The van der Waals surface area contributed by atoms with Crippen molar-refractivity contribution < 1.29 is 4.79 Å². The maximum Gasteiger partial charge on any atom is 0.272 e. The van der Waals surface area contributed by atoms with E-state index in [2.05, 4.69) is 34.1 Å². The number of hydrogen-bond donors (Lipinski definition) is 0. The van der Waals surface area contributed by atoms with Crippen LogP contribution in [0.2, 0.25) is 0 Å². The molecule has 1 fully saturated rings. The van der Waals surface area contributed by atoms with E-state index in [1.165, 1.54) is 24.9 Å². The van der Waals surface area contributed by atoms with Gasteiger partial charge in [0.15, 0.2) is 0 Å². The molecule has 2 heterocycles. The van der Waals surface area contributed by atoms with Crippen LogP contribution in [-0.4, -0.2) is 35.9 Å². The minimum atomic E-state index is -0.0548. The van der Waals surface area contributed by atoms with Gasteiger partial charge in [-0.25, -0.2) is 4.98 Å². The molecule has 1 aliphatic heterocycles. The van der Waals surface area contributed by atoms with Crippen LogP contribution in [0.4, 0.5) is 5.69 Å². The van der Waals surface area contributed by atoms with Crippen LogP contribution in [0, 0.1) is 0 Å². The number of anilines is 1. The van der Waals surface area contributed by atoms with Gasteiger partial charge in [-0.1, -0.05) is 36.4 Å². The van der Waals surface area contributed by atoms with E-state index in [1.807, 2.05) is 37.4 Å². The minimum Gasteiger partial charge on any atom is -0.372 e. The molecule has 0 saturated carbocycles. The zero-order chi connectivity index (χ0) is 18.6. The van der Waals surface area contributed by atoms with E-state index in [4.69, 9.17) is 0 Å². The average molecular weight is 359 g/mol. The zero-order valence-corrected chi connectivity index (χ0v) is 15.8. The molecule has 0 N–H and O–H groups in total. The number of pyridine rings is 1. The molecule has 1 saturated heterocycles. The summed E-state index contributed by atoms with van der Waals surface area (Å²) in [5.74, 6) is -0.0548. The lowest BCUT2D eigenvalue weighted by atomic mass is 10.1. The van der Waals surface area contributed by atoms with Crippen LogP contribution >= 0.6 is 0 Å². The molecular formula is C23H25N3O. The SMILES string of the molecule is CN(Cc1ccc(N2CCCCC2)cc1)C(=O)c1ccc2ccccc2n1. The highest BCUT2D eigenvalue weighted by atomic mass is 16.2. The fourth-order valence-corrected chi connectivity index (χ4v) is 3.69. The Morgan fingerprint density at radius 3 is 2.48 bits per heavy atom. The number of amides is 1. The number of para-hydroxylation sites is 1. The van der Waals surface area contributed by atoms with Crippen LogP contribution in [0.5, 0.6) is 0 Å². The number of carbonyl (C=O) groups is 1. The second kappa shape index (κ2) is 7.78. The van der Waals surface area contributed by atoms with E-state index < -0.39 is 0 Å². The van der Waals surface area contributed by atoms with E-state index in [0.29, 0.717) is 12.2 Å². The van der Waals surface area contributed by atoms with Gasteiger partial charge >= 0.3 is 0 Å². The number of piperidine rings is 1. The molecule has 1 amide bonds. The molecule has 4 rings (SSSR count). The van der Waals surface area contributed by atoms with Crippen LogP contribution in [0.25, 0.3) is 10.9 Å². The molecule has 0 unspecified atom stereocenters. The smallest absolute Gasteiger partial charge is 0.272 e. The number of rotatable bonds is 4. The molecule has 0 radical (unpaired) electrons. The van der Waals surface area contributed by atoms with Gasteiger partial charge in [-0.15, -0.1) is 0 Å². The summed E-state index contributed by atoms with van der Waals surface area (Å²) >= 11 is 0. The van der Waals surface area contributed by atoms with Gasteiger partial charge in [0.05, 0.1) is 5.52 Å². The Labute approximate surface area is 160 Å². The highest BCUT2D eigenvalue weighted by Crippen LogP contribution is 2.21. The summed E-state index contributed by atoms with van der Waals surface area (Å²) in [5.41, 5.74) is 3.75. The number of fused-ring (bicyclic) bond motifs is 1. The Hall–Kier alpha value is -2.88. The Morgan fingerprint density at radius 2 is 1.70 bits per heavy atom. The minimum absolute atomic E-state index is 0.0548. The number of aromatic nitrogens is 1. The first-order chi connectivity index (χ1) is 13.2. The maximum atomic E-state index is 12.8. The van der Waals surface area contributed by atoms with Crippen molar-refractivity contribution in [3.8, 4) is 0 Å². The first-order valence-electron chi connectivity index (χ1n) is 9.66. The fraction of sp³-hybridized carbons (Fsp3) is 0.304. The number of carbonyl (C=O) groups excluding carboxylic acids is 1. The predicted octanol–water partition coefficient (Wildman–Crippen LogP) is 4.50. The molecule has 1 aromatic heterocycles. The first-order valence-corrected chi connectivity index (χ1v) is 9.66. The van der Waals surface area contributed by atoms with E-state index >= 15 is 0 Å². The molecule has 3 aromatic rings. The number of nitrogens with zero attached hydrogens (tertiary/aromatic N) is 3. The molecule has 0 atom stereocenters. The number of benzene rings is 2. The first kappa shape index (κ1) is 17.5. The Balaban J connectivity index is 1.44. The van der Waals surface area contributed by atoms with Gasteiger partial charge in [-0.05, 0) is 49.1 Å². The molecular weight excluding hydrogens is 334 g/mol. The summed E-state index contributed by atoms with van der Waals surface area (Å²) in [6, 6.07) is 20.2. The Kier molecular flexibility index (Phi) is 5.05. The topological polar surface area (TPSA) is 36.4 Å². The third-order valence-electron chi connectivity index (χ3n) is 5.24. The predicted molar refractivity (Wildman–Crippen MR) is 110 cm³/mol. The van der Waals surface area contributed by atoms with Crippen LogP contribution in [0.3, 0.4) is 0 Å². The lowest BCUT2D eigenvalue weighted by Crippen LogP contribution is -2.29. The molecule has 0 aliphatic carbocycles. The molecule has 27 heavy (non-hydrogen) atoms. The lowest BCUT2D eigenvalue weighted by molar-refractivity contribution is 0.0779. The third kappa shape index (κ3) is 3.95. The lowest BCUT2D eigenvalue weighted by Gasteiger charge is -2.29. The zero-order valence-electron chi connectivity index (χ0n) is 15.8. The van der Waals surface area contributed by atoms with E-state index in [9.17, 15) is 4.79 Å². The van der Waals surface area contributed by atoms with Gasteiger partial charge in [-0.3, -0.25) is 4.79 Å². The average Bonchev–Trinajstić information content (AvgIpc) is 2.74. The fourth-order valence-electron chi connectivity index (χ4n) is 3.69. The van der Waals surface area contributed by atoms with Gasteiger partial charge in [0.1, 0.15) is 5.69 Å².